The average molecular weight is 333 g/mol. The van der Waals surface area contributed by atoms with E-state index in [0.29, 0.717) is 19.1 Å². The maximum atomic E-state index is 9.31. The molecule has 0 aliphatic carbocycles. The Balaban J connectivity index is 2.06. The third-order valence-corrected chi connectivity index (χ3v) is 3.18. The third kappa shape index (κ3) is 4.44. The van der Waals surface area contributed by atoms with Crippen LogP contribution in [-0.2, 0) is 0 Å². The lowest BCUT2D eigenvalue weighted by Gasteiger charge is -2.17. The predicted molar refractivity (Wildman–Crippen MR) is 88.8 cm³/mol. The van der Waals surface area contributed by atoms with Gasteiger partial charge in [-0.05, 0) is 30.2 Å². The zero-order chi connectivity index (χ0) is 16.8. The van der Waals surface area contributed by atoms with Crippen molar-refractivity contribution in [1.82, 2.24) is 15.0 Å². The van der Waals surface area contributed by atoms with Gasteiger partial charge in [0.25, 0.3) is 0 Å². The number of nitrogens with zero attached hydrogens (tertiary/aromatic N) is 6. The Labute approximate surface area is 140 Å². The van der Waals surface area contributed by atoms with Gasteiger partial charge in [0, 0.05) is 14.1 Å². The summed E-state index contributed by atoms with van der Waals surface area (Å²) in [6, 6.07) is 7.70. The molecule has 7 nitrogen and oxygen atoms in total. The van der Waals surface area contributed by atoms with Gasteiger partial charge in [0.1, 0.15) is 12.4 Å². The van der Waals surface area contributed by atoms with Crippen LogP contribution in [0.5, 0.6) is 5.75 Å². The first-order valence-electron chi connectivity index (χ1n) is 6.96. The maximum absolute atomic E-state index is 9.31. The van der Waals surface area contributed by atoms with Crippen LogP contribution < -0.4 is 14.5 Å². The van der Waals surface area contributed by atoms with Gasteiger partial charge in [-0.1, -0.05) is 18.2 Å². The number of ether oxygens (including phenoxy) is 1. The smallest absolute Gasteiger partial charge is 0.245 e. The number of rotatable bonds is 6. The SMILES string of the molecule is Cc1ccccc1OCCN(C#N)c1nc(Cl)nc(N(C)C)n1. The molecule has 2 rings (SSSR count). The van der Waals surface area contributed by atoms with Gasteiger partial charge in [-0.25, -0.2) is 4.90 Å². The Morgan fingerprint density at radius 1 is 1.17 bits per heavy atom. The van der Waals surface area contributed by atoms with Gasteiger partial charge < -0.3 is 9.64 Å². The van der Waals surface area contributed by atoms with E-state index >= 15 is 0 Å². The molecule has 0 unspecified atom stereocenters. The molecule has 0 bridgehead atoms. The van der Waals surface area contributed by atoms with E-state index in [-0.39, 0.29) is 11.2 Å². The van der Waals surface area contributed by atoms with E-state index in [4.69, 9.17) is 16.3 Å². The first-order chi connectivity index (χ1) is 11.0. The molecule has 0 saturated carbocycles. The Kier molecular flexibility index (Phi) is 5.55. The number of nitriles is 1. The summed E-state index contributed by atoms with van der Waals surface area (Å²) in [5.74, 6) is 1.37. The monoisotopic (exact) mass is 332 g/mol. The van der Waals surface area contributed by atoms with E-state index in [1.54, 1.807) is 19.0 Å². The minimum atomic E-state index is 0.0405. The summed E-state index contributed by atoms with van der Waals surface area (Å²) in [5, 5.41) is 9.36. The fraction of sp³-hybridized carbons (Fsp3) is 0.333. The summed E-state index contributed by atoms with van der Waals surface area (Å²) in [6.45, 7) is 2.59. The van der Waals surface area contributed by atoms with Crippen LogP contribution in [0.15, 0.2) is 24.3 Å². The number of para-hydroxylation sites is 1. The van der Waals surface area contributed by atoms with Crippen LogP contribution in [0.1, 0.15) is 5.56 Å². The number of aryl methyl sites for hydroxylation is 1. The minimum Gasteiger partial charge on any atom is -0.491 e. The van der Waals surface area contributed by atoms with Crippen molar-refractivity contribution >= 4 is 23.5 Å². The lowest BCUT2D eigenvalue weighted by molar-refractivity contribution is 0.325. The lowest BCUT2D eigenvalue weighted by Crippen LogP contribution is -2.26. The normalized spacial score (nSPS) is 10.0. The van der Waals surface area contributed by atoms with Crippen LogP contribution in [0.2, 0.25) is 5.28 Å². The summed E-state index contributed by atoms with van der Waals surface area (Å²) >= 11 is 5.89. The number of hydrogen-bond donors (Lipinski definition) is 0. The van der Waals surface area contributed by atoms with Gasteiger partial charge in [-0.15, -0.1) is 0 Å². The molecule has 0 atom stereocenters. The van der Waals surface area contributed by atoms with Crippen molar-refractivity contribution in [2.24, 2.45) is 0 Å². The molecule has 23 heavy (non-hydrogen) atoms. The van der Waals surface area contributed by atoms with Gasteiger partial charge in [-0.3, -0.25) is 0 Å². The molecule has 1 aromatic carbocycles. The van der Waals surface area contributed by atoms with Crippen molar-refractivity contribution < 1.29 is 4.74 Å². The van der Waals surface area contributed by atoms with Crippen molar-refractivity contribution in [2.75, 3.05) is 37.0 Å². The molecule has 0 saturated heterocycles. The van der Waals surface area contributed by atoms with E-state index in [9.17, 15) is 5.26 Å². The zero-order valence-corrected chi connectivity index (χ0v) is 13.9. The number of anilines is 2. The second-order valence-electron chi connectivity index (χ2n) is 4.96. The van der Waals surface area contributed by atoms with Crippen molar-refractivity contribution in [3.8, 4) is 11.9 Å². The second-order valence-corrected chi connectivity index (χ2v) is 5.30. The number of hydrogen-bond acceptors (Lipinski definition) is 7. The quantitative estimate of drug-likeness (QED) is 0.593. The number of benzene rings is 1. The molecule has 0 N–H and O–H groups in total. The van der Waals surface area contributed by atoms with E-state index in [0.717, 1.165) is 11.3 Å². The highest BCUT2D eigenvalue weighted by molar-refractivity contribution is 6.28. The van der Waals surface area contributed by atoms with Crippen molar-refractivity contribution in [2.45, 2.75) is 6.92 Å². The molecular weight excluding hydrogens is 316 g/mol. The summed E-state index contributed by atoms with van der Waals surface area (Å²) in [7, 11) is 3.57. The number of aromatic nitrogens is 3. The number of halogens is 1. The largest absolute Gasteiger partial charge is 0.491 e. The van der Waals surface area contributed by atoms with Crippen molar-refractivity contribution in [3.63, 3.8) is 0 Å². The van der Waals surface area contributed by atoms with Crippen LogP contribution in [0.3, 0.4) is 0 Å². The van der Waals surface area contributed by atoms with Gasteiger partial charge in [0.15, 0.2) is 6.19 Å². The Bertz CT molecular complexity index is 715. The summed E-state index contributed by atoms with van der Waals surface area (Å²) in [4.78, 5) is 15.2. The predicted octanol–water partition coefficient (Wildman–Crippen LogP) is 2.27. The van der Waals surface area contributed by atoms with Gasteiger partial charge in [0.2, 0.25) is 17.2 Å². The van der Waals surface area contributed by atoms with Crippen LogP contribution in [0, 0.1) is 18.4 Å². The van der Waals surface area contributed by atoms with Crippen molar-refractivity contribution in [1.29, 1.82) is 5.26 Å². The van der Waals surface area contributed by atoms with E-state index in [1.807, 2.05) is 37.4 Å². The van der Waals surface area contributed by atoms with E-state index in [2.05, 4.69) is 15.0 Å². The molecule has 2 aromatic rings. The highest BCUT2D eigenvalue weighted by Gasteiger charge is 2.14. The van der Waals surface area contributed by atoms with Crippen LogP contribution in [0.4, 0.5) is 11.9 Å². The van der Waals surface area contributed by atoms with Crippen LogP contribution in [0.25, 0.3) is 0 Å². The molecule has 0 amide bonds. The second kappa shape index (κ2) is 7.61. The summed E-state index contributed by atoms with van der Waals surface area (Å²) in [6.07, 6.45) is 2.04. The summed E-state index contributed by atoms with van der Waals surface area (Å²) < 4.78 is 5.69. The fourth-order valence-corrected chi connectivity index (χ4v) is 1.96. The molecule has 0 aliphatic heterocycles. The van der Waals surface area contributed by atoms with Crippen LogP contribution >= 0.6 is 11.6 Å². The minimum absolute atomic E-state index is 0.0405. The van der Waals surface area contributed by atoms with E-state index < -0.39 is 0 Å². The first kappa shape index (κ1) is 16.8. The lowest BCUT2D eigenvalue weighted by atomic mass is 10.2. The fourth-order valence-electron chi connectivity index (χ4n) is 1.81. The zero-order valence-electron chi connectivity index (χ0n) is 13.2. The molecule has 1 aromatic heterocycles. The average Bonchev–Trinajstić information content (AvgIpc) is 2.52. The molecule has 0 fully saturated rings. The molecule has 0 spiro atoms. The Morgan fingerprint density at radius 2 is 1.87 bits per heavy atom. The first-order valence-corrected chi connectivity index (χ1v) is 7.33. The van der Waals surface area contributed by atoms with Gasteiger partial charge in [-0.2, -0.15) is 20.2 Å². The maximum Gasteiger partial charge on any atom is 0.245 e. The van der Waals surface area contributed by atoms with Gasteiger partial charge >= 0.3 is 0 Å². The molecule has 0 aliphatic rings. The van der Waals surface area contributed by atoms with Crippen LogP contribution in [-0.4, -0.2) is 42.2 Å². The van der Waals surface area contributed by atoms with Gasteiger partial charge in [0.05, 0.1) is 6.54 Å². The molecule has 0 radical (unpaired) electrons. The standard InChI is InChI=1S/C15H17ClN6O/c1-11-6-4-5-7-12(11)23-9-8-22(10-17)15-19-13(16)18-14(20-15)21(2)3/h4-7H,8-9H2,1-3H3. The highest BCUT2D eigenvalue weighted by Crippen LogP contribution is 2.17. The van der Waals surface area contributed by atoms with Crippen molar-refractivity contribution in [3.05, 3.63) is 35.1 Å². The highest BCUT2D eigenvalue weighted by atomic mass is 35.5. The Hall–Kier alpha value is -2.59. The third-order valence-electron chi connectivity index (χ3n) is 3.01. The topological polar surface area (TPSA) is 78.2 Å². The molecule has 1 heterocycles. The molecule has 120 valence electrons. The van der Waals surface area contributed by atoms with E-state index in [1.165, 1.54) is 4.90 Å². The Morgan fingerprint density at radius 3 is 2.52 bits per heavy atom. The molecular formula is C15H17ClN6O. The summed E-state index contributed by atoms with van der Waals surface area (Å²) in [5.41, 5.74) is 1.04. The molecule has 8 heteroatoms.